The first kappa shape index (κ1) is 15.4. The van der Waals surface area contributed by atoms with Crippen LogP contribution in [0.25, 0.3) is 0 Å². The van der Waals surface area contributed by atoms with Crippen LogP contribution in [0.2, 0.25) is 0 Å². The minimum Gasteiger partial charge on any atom is -0.362 e. The number of aromatic nitrogens is 1. The van der Waals surface area contributed by atoms with Gasteiger partial charge in [-0.15, -0.1) is 0 Å². The van der Waals surface area contributed by atoms with Gasteiger partial charge >= 0.3 is 0 Å². The highest BCUT2D eigenvalue weighted by Crippen LogP contribution is 2.55. The minimum absolute atomic E-state index is 0.0343. The summed E-state index contributed by atoms with van der Waals surface area (Å²) in [6.45, 7) is 9.11. The summed E-state index contributed by atoms with van der Waals surface area (Å²) in [6, 6.07) is 6.75. The van der Waals surface area contributed by atoms with E-state index in [1.807, 2.05) is 18.5 Å². The van der Waals surface area contributed by atoms with Gasteiger partial charge in [-0.2, -0.15) is 0 Å². The number of aryl methyl sites for hydroxylation is 2. The molecule has 0 radical (unpaired) electrons. The molecule has 24 heavy (non-hydrogen) atoms. The van der Waals surface area contributed by atoms with Gasteiger partial charge in [0, 0.05) is 43.2 Å². The maximum atomic E-state index is 4.84. The number of hydrogen-bond donors (Lipinski definition) is 0. The normalized spacial score (nSPS) is 27.5. The molecule has 2 atom stereocenters. The van der Waals surface area contributed by atoms with E-state index in [0.29, 0.717) is 0 Å². The summed E-state index contributed by atoms with van der Waals surface area (Å²) in [5, 5.41) is 0. The second kappa shape index (κ2) is 4.92. The predicted molar refractivity (Wildman–Crippen MR) is 101 cm³/mol. The second-order valence-corrected chi connectivity index (χ2v) is 7.56. The molecule has 1 aromatic heterocycles. The largest absolute Gasteiger partial charge is 0.362 e. The van der Waals surface area contributed by atoms with Crippen LogP contribution in [-0.2, 0) is 11.8 Å². The van der Waals surface area contributed by atoms with Crippen molar-refractivity contribution in [2.24, 2.45) is 4.99 Å². The molecule has 4 rings (SSSR count). The van der Waals surface area contributed by atoms with E-state index in [4.69, 9.17) is 4.99 Å². The minimum atomic E-state index is -0.125. The molecule has 1 aromatic carbocycles. The monoisotopic (exact) mass is 319 g/mol. The lowest BCUT2D eigenvalue weighted by Gasteiger charge is -2.47. The van der Waals surface area contributed by atoms with Crippen LogP contribution in [0.4, 0.5) is 11.4 Å². The average molecular weight is 319 g/mol. The van der Waals surface area contributed by atoms with E-state index in [0.717, 1.165) is 18.5 Å². The number of anilines is 1. The Kier molecular flexibility index (Phi) is 3.15. The Labute approximate surface area is 144 Å². The van der Waals surface area contributed by atoms with E-state index >= 15 is 0 Å². The van der Waals surface area contributed by atoms with Crippen molar-refractivity contribution in [3.05, 3.63) is 52.8 Å². The fourth-order valence-corrected chi connectivity index (χ4v) is 4.57. The Morgan fingerprint density at radius 1 is 1.21 bits per heavy atom. The Hall–Kier alpha value is -2.16. The molecule has 3 nitrogen and oxygen atoms in total. The maximum Gasteiger partial charge on any atom is 0.0887 e. The van der Waals surface area contributed by atoms with Crippen molar-refractivity contribution in [2.75, 3.05) is 11.9 Å². The van der Waals surface area contributed by atoms with Crippen LogP contribution in [0, 0.1) is 13.8 Å². The summed E-state index contributed by atoms with van der Waals surface area (Å²) < 4.78 is 0. The van der Waals surface area contributed by atoms with Crippen molar-refractivity contribution in [3.8, 4) is 0 Å². The van der Waals surface area contributed by atoms with Crippen molar-refractivity contribution in [2.45, 2.75) is 51.5 Å². The van der Waals surface area contributed by atoms with Crippen molar-refractivity contribution >= 4 is 17.6 Å². The SMILES string of the molecule is CCC1(C)c2cc(C)c(C)cc2N(C)C12C=Nc1ccncc1C2. The van der Waals surface area contributed by atoms with Gasteiger partial charge in [0.15, 0.2) is 0 Å². The summed E-state index contributed by atoms with van der Waals surface area (Å²) in [7, 11) is 2.22. The Morgan fingerprint density at radius 2 is 1.96 bits per heavy atom. The molecule has 0 bridgehead atoms. The lowest BCUT2D eigenvalue weighted by Crippen LogP contribution is -2.59. The molecule has 0 N–H and O–H groups in total. The Bertz CT molecular complexity index is 854. The highest BCUT2D eigenvalue weighted by Gasteiger charge is 2.57. The number of rotatable bonds is 1. The number of hydrogen-bond acceptors (Lipinski definition) is 3. The quantitative estimate of drug-likeness (QED) is 0.773. The molecule has 124 valence electrons. The van der Waals surface area contributed by atoms with Gasteiger partial charge < -0.3 is 4.90 Å². The van der Waals surface area contributed by atoms with E-state index in [1.165, 1.54) is 27.9 Å². The maximum absolute atomic E-state index is 4.84. The molecule has 3 heterocycles. The van der Waals surface area contributed by atoms with E-state index < -0.39 is 0 Å². The van der Waals surface area contributed by atoms with Crippen molar-refractivity contribution in [1.29, 1.82) is 0 Å². The van der Waals surface area contributed by atoms with E-state index in [1.54, 1.807) is 0 Å². The number of pyridine rings is 1. The van der Waals surface area contributed by atoms with Gasteiger partial charge in [0.05, 0.1) is 11.2 Å². The zero-order chi connectivity index (χ0) is 17.1. The fraction of sp³-hybridized carbons (Fsp3) is 0.429. The van der Waals surface area contributed by atoms with Gasteiger partial charge in [-0.3, -0.25) is 9.98 Å². The van der Waals surface area contributed by atoms with Crippen molar-refractivity contribution < 1.29 is 0 Å². The van der Waals surface area contributed by atoms with Crippen LogP contribution >= 0.6 is 0 Å². The van der Waals surface area contributed by atoms with E-state index in [2.05, 4.69) is 63.0 Å². The summed E-state index contributed by atoms with van der Waals surface area (Å²) in [5.41, 5.74) is 7.74. The molecule has 2 unspecified atom stereocenters. The molecule has 2 aliphatic heterocycles. The number of aliphatic imine (C=N–C) groups is 1. The Balaban J connectivity index is 1.95. The third kappa shape index (κ3) is 1.73. The summed E-state index contributed by atoms with van der Waals surface area (Å²) in [5.74, 6) is 0. The molecule has 0 fully saturated rings. The van der Waals surface area contributed by atoms with Crippen molar-refractivity contribution in [1.82, 2.24) is 4.98 Å². The molecular formula is C21H25N3. The topological polar surface area (TPSA) is 28.5 Å². The summed E-state index contributed by atoms with van der Waals surface area (Å²) in [4.78, 5) is 11.6. The number of likely N-dealkylation sites (N-methyl/N-ethyl adjacent to an activating group) is 1. The standard InChI is InChI=1S/C21H25N3/c1-6-20(4)17-9-14(2)15(3)10-19(17)24(5)21(20)11-16-12-22-8-7-18(16)23-13-21/h7-10,12-13H,6,11H2,1-5H3. The highest BCUT2D eigenvalue weighted by atomic mass is 15.2. The van der Waals surface area contributed by atoms with Crippen LogP contribution in [-0.4, -0.2) is 23.8 Å². The molecule has 1 spiro atoms. The highest BCUT2D eigenvalue weighted by molar-refractivity contribution is 5.89. The van der Waals surface area contributed by atoms with Gasteiger partial charge in [-0.1, -0.05) is 19.9 Å². The Morgan fingerprint density at radius 3 is 2.71 bits per heavy atom. The van der Waals surface area contributed by atoms with Crippen LogP contribution in [0.1, 0.15) is 42.5 Å². The van der Waals surface area contributed by atoms with Gasteiger partial charge in [0.2, 0.25) is 0 Å². The molecule has 0 aliphatic carbocycles. The number of nitrogens with zero attached hydrogens (tertiary/aromatic N) is 3. The van der Waals surface area contributed by atoms with Gasteiger partial charge in [0.1, 0.15) is 0 Å². The summed E-state index contributed by atoms with van der Waals surface area (Å²) >= 11 is 0. The molecule has 2 aliphatic rings. The van der Waals surface area contributed by atoms with Crippen LogP contribution in [0.15, 0.2) is 35.6 Å². The molecule has 0 saturated carbocycles. The van der Waals surface area contributed by atoms with E-state index in [-0.39, 0.29) is 11.0 Å². The van der Waals surface area contributed by atoms with Crippen LogP contribution < -0.4 is 4.90 Å². The van der Waals surface area contributed by atoms with Crippen LogP contribution in [0.5, 0.6) is 0 Å². The van der Waals surface area contributed by atoms with Crippen molar-refractivity contribution in [3.63, 3.8) is 0 Å². The first-order valence-electron chi connectivity index (χ1n) is 8.76. The second-order valence-electron chi connectivity index (χ2n) is 7.56. The molecule has 2 aromatic rings. The molecular weight excluding hydrogens is 294 g/mol. The zero-order valence-corrected chi connectivity index (χ0v) is 15.2. The zero-order valence-electron chi connectivity index (χ0n) is 15.2. The van der Waals surface area contributed by atoms with Gasteiger partial charge in [-0.25, -0.2) is 0 Å². The van der Waals surface area contributed by atoms with Gasteiger partial charge in [-0.05, 0) is 54.7 Å². The first-order valence-corrected chi connectivity index (χ1v) is 8.76. The van der Waals surface area contributed by atoms with Crippen LogP contribution in [0.3, 0.4) is 0 Å². The average Bonchev–Trinajstić information content (AvgIpc) is 2.76. The molecule has 3 heteroatoms. The van der Waals surface area contributed by atoms with Gasteiger partial charge in [0.25, 0.3) is 0 Å². The number of benzene rings is 1. The smallest absolute Gasteiger partial charge is 0.0887 e. The van der Waals surface area contributed by atoms with E-state index in [9.17, 15) is 0 Å². The molecule has 0 saturated heterocycles. The lowest BCUT2D eigenvalue weighted by molar-refractivity contribution is 0.320. The predicted octanol–water partition coefficient (Wildman–Crippen LogP) is 4.51. The summed E-state index contributed by atoms with van der Waals surface area (Å²) in [6.07, 6.45) is 8.04. The first-order chi connectivity index (χ1) is 11.4. The lowest BCUT2D eigenvalue weighted by atomic mass is 9.64. The number of fused-ring (bicyclic) bond motifs is 2. The fourth-order valence-electron chi connectivity index (χ4n) is 4.57. The molecule has 0 amide bonds. The third-order valence-electron chi connectivity index (χ3n) is 6.58. The third-order valence-corrected chi connectivity index (χ3v) is 6.58.